The van der Waals surface area contributed by atoms with Gasteiger partial charge in [0.1, 0.15) is 0 Å². The maximum Gasteiger partial charge on any atom is 0.0894 e. The normalized spacial score (nSPS) is 23.7. The Hall–Kier alpha value is -1.94. The molecule has 0 radical (unpaired) electrons. The maximum atomic E-state index is 6.11. The van der Waals surface area contributed by atoms with E-state index in [0.29, 0.717) is 6.04 Å². The molecule has 0 amide bonds. The van der Waals surface area contributed by atoms with Crippen LogP contribution in [0.5, 0.6) is 0 Å². The van der Waals surface area contributed by atoms with Crippen LogP contribution in [0.25, 0.3) is 16.6 Å². The molecule has 1 heterocycles. The highest BCUT2D eigenvalue weighted by Gasteiger charge is 2.24. The Kier molecular flexibility index (Phi) is 3.88. The van der Waals surface area contributed by atoms with E-state index in [4.69, 9.17) is 5.73 Å². The van der Waals surface area contributed by atoms with Gasteiger partial charge in [-0.05, 0) is 37.8 Å². The first-order valence-electron chi connectivity index (χ1n) is 7.57. The lowest BCUT2D eigenvalue weighted by atomic mass is 9.82. The molecule has 2 aromatic rings. The number of fused-ring (bicyclic) bond motifs is 1. The van der Waals surface area contributed by atoms with E-state index in [2.05, 4.69) is 22.2 Å². The van der Waals surface area contributed by atoms with Crippen molar-refractivity contribution >= 4 is 16.6 Å². The number of hydrogen-bond donors (Lipinski definition) is 2. The van der Waals surface area contributed by atoms with Crippen LogP contribution in [0.2, 0.25) is 0 Å². The number of para-hydroxylation sites is 2. The molecule has 0 spiro atoms. The summed E-state index contributed by atoms with van der Waals surface area (Å²) in [5.74, 6) is 0.829. The van der Waals surface area contributed by atoms with Gasteiger partial charge < -0.3 is 11.1 Å². The number of benzene rings is 1. The second-order valence-electron chi connectivity index (χ2n) is 6.07. The molecule has 0 saturated heterocycles. The Morgan fingerprint density at radius 1 is 1.33 bits per heavy atom. The highest BCUT2D eigenvalue weighted by molar-refractivity contribution is 5.77. The van der Waals surface area contributed by atoms with Crippen molar-refractivity contribution in [2.75, 3.05) is 0 Å². The number of aromatic nitrogens is 2. The average molecular weight is 282 g/mol. The quantitative estimate of drug-likeness (QED) is 0.905. The lowest BCUT2D eigenvalue weighted by molar-refractivity contribution is 0.261. The molecule has 1 aromatic carbocycles. The molecule has 1 aliphatic carbocycles. The minimum Gasteiger partial charge on any atom is -0.388 e. The highest BCUT2D eigenvalue weighted by Crippen LogP contribution is 2.27. The summed E-state index contributed by atoms with van der Waals surface area (Å²) in [5.41, 5.74) is 9.78. The molecular weight excluding hydrogens is 260 g/mol. The van der Waals surface area contributed by atoms with Crippen molar-refractivity contribution in [2.24, 2.45) is 11.7 Å². The molecule has 1 atom stereocenters. The average Bonchev–Trinajstić information content (AvgIpc) is 2.45. The fraction of sp³-hybridized carbons (Fsp3) is 0.412. The van der Waals surface area contributed by atoms with Gasteiger partial charge in [0, 0.05) is 23.9 Å². The summed E-state index contributed by atoms with van der Waals surface area (Å²) in [6, 6.07) is 8.39. The summed E-state index contributed by atoms with van der Waals surface area (Å²) in [7, 11) is 0. The van der Waals surface area contributed by atoms with Gasteiger partial charge in [0.15, 0.2) is 0 Å². The summed E-state index contributed by atoms with van der Waals surface area (Å²) in [4.78, 5) is 9.15. The maximum absolute atomic E-state index is 6.11. The summed E-state index contributed by atoms with van der Waals surface area (Å²) < 4.78 is 0. The zero-order valence-corrected chi connectivity index (χ0v) is 12.6. The highest BCUT2D eigenvalue weighted by atomic mass is 14.9. The van der Waals surface area contributed by atoms with Gasteiger partial charge in [0.2, 0.25) is 0 Å². The van der Waals surface area contributed by atoms with Crippen LogP contribution in [-0.4, -0.2) is 22.1 Å². The third-order valence-electron chi connectivity index (χ3n) is 4.08. The predicted octanol–water partition coefficient (Wildman–Crippen LogP) is 2.71. The van der Waals surface area contributed by atoms with Crippen molar-refractivity contribution in [3.8, 4) is 0 Å². The van der Waals surface area contributed by atoms with Gasteiger partial charge in [-0.25, -0.2) is 4.98 Å². The summed E-state index contributed by atoms with van der Waals surface area (Å²) >= 11 is 0. The zero-order chi connectivity index (χ0) is 14.8. The van der Waals surface area contributed by atoms with E-state index < -0.39 is 0 Å². The minimum absolute atomic E-state index is 0.0783. The Morgan fingerprint density at radius 2 is 2.05 bits per heavy atom. The monoisotopic (exact) mass is 282 g/mol. The van der Waals surface area contributed by atoms with Gasteiger partial charge in [-0.2, -0.15) is 0 Å². The van der Waals surface area contributed by atoms with E-state index in [1.807, 2.05) is 43.6 Å². The lowest BCUT2D eigenvalue weighted by Crippen LogP contribution is -2.37. The van der Waals surface area contributed by atoms with Gasteiger partial charge in [-0.1, -0.05) is 19.1 Å². The summed E-state index contributed by atoms with van der Waals surface area (Å²) in [6.07, 6.45) is 6.29. The van der Waals surface area contributed by atoms with Crippen molar-refractivity contribution in [1.82, 2.24) is 15.3 Å². The number of nitrogens with zero attached hydrogens (tertiary/aromatic N) is 2. The molecule has 21 heavy (non-hydrogen) atoms. The molecule has 0 bridgehead atoms. The zero-order valence-electron chi connectivity index (χ0n) is 12.6. The van der Waals surface area contributed by atoms with Crippen molar-refractivity contribution in [3.63, 3.8) is 0 Å². The Labute approximate surface area is 125 Å². The van der Waals surface area contributed by atoms with E-state index >= 15 is 0 Å². The van der Waals surface area contributed by atoms with Crippen LogP contribution in [0.1, 0.15) is 32.4 Å². The Balaban J connectivity index is 1.86. The fourth-order valence-corrected chi connectivity index (χ4v) is 2.78. The summed E-state index contributed by atoms with van der Waals surface area (Å²) in [5, 5.41) is 3.47. The van der Waals surface area contributed by atoms with Crippen LogP contribution in [0.3, 0.4) is 0 Å². The van der Waals surface area contributed by atoms with Crippen LogP contribution < -0.4 is 11.1 Å². The van der Waals surface area contributed by atoms with E-state index in [1.165, 1.54) is 12.8 Å². The van der Waals surface area contributed by atoms with Crippen molar-refractivity contribution in [3.05, 3.63) is 42.4 Å². The molecule has 1 unspecified atom stereocenters. The van der Waals surface area contributed by atoms with Crippen LogP contribution in [0.15, 0.2) is 36.7 Å². The van der Waals surface area contributed by atoms with Crippen LogP contribution in [0.4, 0.5) is 0 Å². The van der Waals surface area contributed by atoms with Crippen molar-refractivity contribution < 1.29 is 0 Å². The molecule has 3 N–H and O–H groups in total. The Bertz CT molecular complexity index is 657. The third-order valence-corrected chi connectivity index (χ3v) is 4.08. The molecule has 1 fully saturated rings. The smallest absolute Gasteiger partial charge is 0.0894 e. The van der Waals surface area contributed by atoms with Gasteiger partial charge in [-0.15, -0.1) is 0 Å². The van der Waals surface area contributed by atoms with Crippen LogP contribution >= 0.6 is 0 Å². The molecule has 4 nitrogen and oxygen atoms in total. The molecule has 4 heteroatoms. The van der Waals surface area contributed by atoms with E-state index in [9.17, 15) is 0 Å². The summed E-state index contributed by atoms with van der Waals surface area (Å²) in [6.45, 7) is 4.26. The van der Waals surface area contributed by atoms with Gasteiger partial charge in [-0.3, -0.25) is 4.98 Å². The number of nitrogens with one attached hydrogen (secondary N) is 1. The first-order valence-corrected chi connectivity index (χ1v) is 7.57. The van der Waals surface area contributed by atoms with Crippen LogP contribution in [0, 0.1) is 5.92 Å². The van der Waals surface area contributed by atoms with Crippen molar-refractivity contribution in [2.45, 2.75) is 38.8 Å². The first kappa shape index (κ1) is 14.0. The number of nitrogens with two attached hydrogens (primary N) is 1. The SMILES string of the molecule is CC1CC(N/C=C(/c2cnc3ccccc3n2)C(C)N)C1. The number of hydrogen-bond acceptors (Lipinski definition) is 4. The molecule has 1 saturated carbocycles. The molecule has 110 valence electrons. The minimum atomic E-state index is -0.0783. The van der Waals surface area contributed by atoms with E-state index in [0.717, 1.165) is 28.2 Å². The molecular formula is C17H22N4. The first-order chi connectivity index (χ1) is 10.1. The lowest BCUT2D eigenvalue weighted by Gasteiger charge is -2.33. The number of rotatable bonds is 4. The second-order valence-corrected chi connectivity index (χ2v) is 6.07. The largest absolute Gasteiger partial charge is 0.388 e. The fourth-order valence-electron chi connectivity index (χ4n) is 2.78. The Morgan fingerprint density at radius 3 is 2.71 bits per heavy atom. The molecule has 0 aliphatic heterocycles. The van der Waals surface area contributed by atoms with Gasteiger partial charge >= 0.3 is 0 Å². The topological polar surface area (TPSA) is 63.8 Å². The van der Waals surface area contributed by atoms with Gasteiger partial charge in [0.05, 0.1) is 22.9 Å². The third kappa shape index (κ3) is 3.05. The predicted molar refractivity (Wildman–Crippen MR) is 86.5 cm³/mol. The molecule has 1 aliphatic rings. The van der Waals surface area contributed by atoms with E-state index in [-0.39, 0.29) is 6.04 Å². The standard InChI is InChI=1S/C17H22N4/c1-11-7-13(8-11)19-9-14(12(2)18)17-10-20-15-5-3-4-6-16(15)21-17/h3-6,9-13,19H,7-8,18H2,1-2H3/b14-9+. The molecule has 1 aromatic heterocycles. The second kappa shape index (κ2) is 5.82. The van der Waals surface area contributed by atoms with Gasteiger partial charge in [0.25, 0.3) is 0 Å². The molecule has 3 rings (SSSR count). The van der Waals surface area contributed by atoms with E-state index in [1.54, 1.807) is 0 Å². The van der Waals surface area contributed by atoms with Crippen LogP contribution in [-0.2, 0) is 0 Å². The van der Waals surface area contributed by atoms with Crippen molar-refractivity contribution in [1.29, 1.82) is 0 Å².